The Bertz CT molecular complexity index is 762. The fourth-order valence-corrected chi connectivity index (χ4v) is 5.19. The molecular weight excluding hydrogens is 358 g/mol. The number of benzene rings is 2. The quantitative estimate of drug-likeness (QED) is 0.715. The molecule has 0 aromatic heterocycles. The minimum atomic E-state index is -0.466. The van der Waals surface area contributed by atoms with Crippen molar-refractivity contribution >= 4 is 5.97 Å². The minimum Gasteiger partial charge on any atom is -0.457 e. The van der Waals surface area contributed by atoms with Crippen molar-refractivity contribution in [2.45, 2.75) is 62.9 Å². The Morgan fingerprint density at radius 2 is 1.48 bits per heavy atom. The number of rotatable bonds is 7. The van der Waals surface area contributed by atoms with Crippen LogP contribution in [0.5, 0.6) is 0 Å². The molecule has 0 bridgehead atoms. The molecule has 1 atom stereocenters. The van der Waals surface area contributed by atoms with Gasteiger partial charge in [-0.1, -0.05) is 73.5 Å². The highest BCUT2D eigenvalue weighted by atomic mass is 16.5. The van der Waals surface area contributed by atoms with Crippen molar-refractivity contribution < 1.29 is 14.4 Å². The number of carbonyl (C=O) groups excluding carboxylic acids is 1. The van der Waals surface area contributed by atoms with Gasteiger partial charge in [0.15, 0.2) is 0 Å². The molecule has 3 heteroatoms. The molecular formula is C26H34NO2+. The van der Waals surface area contributed by atoms with E-state index in [0.717, 1.165) is 49.8 Å². The number of hydrogen-bond acceptors (Lipinski definition) is 2. The van der Waals surface area contributed by atoms with Crippen LogP contribution in [0.25, 0.3) is 0 Å². The molecule has 1 heterocycles. The normalized spacial score (nSPS) is 20.3. The molecule has 0 unspecified atom stereocenters. The van der Waals surface area contributed by atoms with Gasteiger partial charge in [0.25, 0.3) is 0 Å². The van der Waals surface area contributed by atoms with Gasteiger partial charge >= 0.3 is 5.97 Å². The lowest BCUT2D eigenvalue weighted by atomic mass is 9.79. The first-order valence-corrected chi connectivity index (χ1v) is 11.4. The van der Waals surface area contributed by atoms with Gasteiger partial charge in [0.1, 0.15) is 6.10 Å². The van der Waals surface area contributed by atoms with Crippen LogP contribution in [0.2, 0.25) is 0 Å². The summed E-state index contributed by atoms with van der Waals surface area (Å²) in [4.78, 5) is 15.2. The second-order valence-electron chi connectivity index (χ2n) is 8.81. The molecule has 1 saturated heterocycles. The van der Waals surface area contributed by atoms with Gasteiger partial charge in [-0.3, -0.25) is 4.79 Å². The Morgan fingerprint density at radius 3 is 2.14 bits per heavy atom. The van der Waals surface area contributed by atoms with Crippen LogP contribution in [0, 0.1) is 0 Å². The summed E-state index contributed by atoms with van der Waals surface area (Å²) in [6, 6.07) is 20.6. The van der Waals surface area contributed by atoms with Crippen molar-refractivity contribution in [3.8, 4) is 0 Å². The van der Waals surface area contributed by atoms with Gasteiger partial charge in [-0.2, -0.15) is 0 Å². The van der Waals surface area contributed by atoms with Crippen molar-refractivity contribution in [2.75, 3.05) is 19.6 Å². The average Bonchev–Trinajstić information content (AvgIpc) is 3.30. The Balaban J connectivity index is 1.52. The first kappa shape index (κ1) is 20.2. The van der Waals surface area contributed by atoms with E-state index in [1.807, 2.05) is 36.4 Å². The van der Waals surface area contributed by atoms with E-state index in [0.29, 0.717) is 0 Å². The lowest BCUT2D eigenvalue weighted by molar-refractivity contribution is -0.905. The minimum absolute atomic E-state index is 0.0244. The highest BCUT2D eigenvalue weighted by molar-refractivity contribution is 5.84. The first-order chi connectivity index (χ1) is 14.3. The predicted molar refractivity (Wildman–Crippen MR) is 116 cm³/mol. The van der Waals surface area contributed by atoms with Crippen LogP contribution in [0.1, 0.15) is 68.6 Å². The Morgan fingerprint density at radius 1 is 0.862 bits per heavy atom. The van der Waals surface area contributed by atoms with Gasteiger partial charge in [0, 0.05) is 6.42 Å². The molecule has 4 rings (SSSR count). The van der Waals surface area contributed by atoms with Crippen LogP contribution in [0.4, 0.5) is 0 Å². The highest BCUT2D eigenvalue weighted by Gasteiger charge is 2.45. The molecule has 1 N–H and O–H groups in total. The number of carbonyl (C=O) groups is 1. The zero-order valence-corrected chi connectivity index (χ0v) is 17.4. The molecule has 1 saturated carbocycles. The third-order valence-corrected chi connectivity index (χ3v) is 6.92. The van der Waals surface area contributed by atoms with Gasteiger partial charge in [0.2, 0.25) is 0 Å². The summed E-state index contributed by atoms with van der Waals surface area (Å²) in [5.41, 5.74) is 1.78. The van der Waals surface area contributed by atoms with E-state index >= 15 is 0 Å². The van der Waals surface area contributed by atoms with Crippen molar-refractivity contribution in [3.05, 3.63) is 71.8 Å². The van der Waals surface area contributed by atoms with Gasteiger partial charge in [-0.15, -0.1) is 0 Å². The van der Waals surface area contributed by atoms with Gasteiger partial charge < -0.3 is 9.64 Å². The number of esters is 1. The van der Waals surface area contributed by atoms with E-state index in [2.05, 4.69) is 24.3 Å². The maximum atomic E-state index is 13.6. The molecule has 2 aromatic rings. The summed E-state index contributed by atoms with van der Waals surface area (Å²) in [6.45, 7) is 3.58. The lowest BCUT2D eigenvalue weighted by Gasteiger charge is -2.31. The van der Waals surface area contributed by atoms with Crippen molar-refractivity contribution in [1.29, 1.82) is 0 Å². The number of piperidine rings is 1. The highest BCUT2D eigenvalue weighted by Crippen LogP contribution is 2.43. The van der Waals surface area contributed by atoms with E-state index in [-0.39, 0.29) is 12.1 Å². The van der Waals surface area contributed by atoms with Crippen LogP contribution in [0.3, 0.4) is 0 Å². The molecule has 0 amide bonds. The zero-order valence-electron chi connectivity index (χ0n) is 17.4. The van der Waals surface area contributed by atoms with Crippen molar-refractivity contribution in [2.24, 2.45) is 0 Å². The van der Waals surface area contributed by atoms with E-state index in [1.165, 1.54) is 32.4 Å². The van der Waals surface area contributed by atoms with E-state index in [4.69, 9.17) is 4.74 Å². The van der Waals surface area contributed by atoms with Crippen LogP contribution in [0.15, 0.2) is 60.7 Å². The fraction of sp³-hybridized carbons (Fsp3) is 0.500. The summed E-state index contributed by atoms with van der Waals surface area (Å²) in [7, 11) is 0. The Labute approximate surface area is 175 Å². The summed E-state index contributed by atoms with van der Waals surface area (Å²) < 4.78 is 6.32. The summed E-state index contributed by atoms with van der Waals surface area (Å²) in [6.07, 6.45) is 8.74. The molecule has 1 aliphatic carbocycles. The van der Waals surface area contributed by atoms with Crippen LogP contribution in [-0.2, 0) is 14.9 Å². The van der Waals surface area contributed by atoms with E-state index in [1.54, 1.807) is 4.90 Å². The topological polar surface area (TPSA) is 30.7 Å². The predicted octanol–water partition coefficient (Wildman–Crippen LogP) is 4.24. The lowest BCUT2D eigenvalue weighted by Crippen LogP contribution is -3.12. The van der Waals surface area contributed by atoms with Crippen LogP contribution < -0.4 is 4.90 Å². The van der Waals surface area contributed by atoms with Crippen LogP contribution >= 0.6 is 0 Å². The third-order valence-electron chi connectivity index (χ3n) is 6.92. The Hall–Kier alpha value is -2.13. The number of quaternary nitrogens is 1. The standard InChI is InChI=1S/C26H33NO2/c28-25(26(17-8-9-18-26)23-14-6-2-7-15-23)29-24(22-12-4-1-5-13-22)16-21-27-19-10-3-11-20-27/h1-2,4-7,12-15,24H,3,8-11,16-21H2/p+1/t24-/m1/s1. The van der Waals surface area contributed by atoms with Crippen molar-refractivity contribution in [3.63, 3.8) is 0 Å². The molecule has 29 heavy (non-hydrogen) atoms. The smallest absolute Gasteiger partial charge is 0.317 e. The molecule has 2 aromatic carbocycles. The molecule has 0 spiro atoms. The maximum Gasteiger partial charge on any atom is 0.317 e. The number of likely N-dealkylation sites (tertiary alicyclic amines) is 1. The molecule has 2 fully saturated rings. The monoisotopic (exact) mass is 392 g/mol. The van der Waals surface area contributed by atoms with Gasteiger partial charge in [-0.25, -0.2) is 0 Å². The third kappa shape index (κ3) is 4.72. The second-order valence-corrected chi connectivity index (χ2v) is 8.81. The molecule has 0 radical (unpaired) electrons. The van der Waals surface area contributed by atoms with Crippen LogP contribution in [-0.4, -0.2) is 25.6 Å². The van der Waals surface area contributed by atoms with Gasteiger partial charge in [-0.05, 0) is 43.2 Å². The van der Waals surface area contributed by atoms with E-state index < -0.39 is 5.41 Å². The fourth-order valence-electron chi connectivity index (χ4n) is 5.19. The SMILES string of the molecule is O=C(O[C@H](CC[NH+]1CCCCC1)c1ccccc1)C1(c2ccccc2)CCCC1. The molecule has 2 aliphatic rings. The molecule has 1 aliphatic heterocycles. The first-order valence-electron chi connectivity index (χ1n) is 11.4. The average molecular weight is 393 g/mol. The Kier molecular flexibility index (Phi) is 6.66. The van der Waals surface area contributed by atoms with E-state index in [9.17, 15) is 4.79 Å². The molecule has 154 valence electrons. The maximum absolute atomic E-state index is 13.6. The largest absolute Gasteiger partial charge is 0.457 e. The number of hydrogen-bond donors (Lipinski definition) is 1. The van der Waals surface area contributed by atoms with Crippen molar-refractivity contribution in [1.82, 2.24) is 0 Å². The molecule has 3 nitrogen and oxygen atoms in total. The summed E-state index contributed by atoms with van der Waals surface area (Å²) in [5, 5.41) is 0. The second kappa shape index (κ2) is 9.58. The summed E-state index contributed by atoms with van der Waals surface area (Å²) >= 11 is 0. The summed E-state index contributed by atoms with van der Waals surface area (Å²) in [5.74, 6) is -0.0244. The zero-order chi connectivity index (χ0) is 19.9. The van der Waals surface area contributed by atoms with Gasteiger partial charge in [0.05, 0.1) is 25.0 Å². The number of ether oxygens (including phenoxy) is 1. The number of nitrogens with one attached hydrogen (secondary N) is 1.